The molecule has 0 amide bonds. The number of hydrogen-bond donors (Lipinski definition) is 1. The Balaban J connectivity index is 2.31. The van der Waals surface area contributed by atoms with E-state index in [4.69, 9.17) is 5.73 Å². The van der Waals surface area contributed by atoms with Gasteiger partial charge >= 0.3 is 0 Å². The summed E-state index contributed by atoms with van der Waals surface area (Å²) >= 11 is 0. The molecule has 0 saturated carbocycles. The lowest BCUT2D eigenvalue weighted by molar-refractivity contribution is 0.704. The standard InChI is InChI=1S/C12H20N4O/c1-15-11(9-13)14-10(8-12(15)17)16-6-4-2-3-5-7-16/h8H,2-7,9,13H2,1H3. The minimum Gasteiger partial charge on any atom is -0.356 e. The summed E-state index contributed by atoms with van der Waals surface area (Å²) in [4.78, 5) is 18.5. The predicted molar refractivity (Wildman–Crippen MR) is 68.1 cm³/mol. The molecule has 94 valence electrons. The second kappa shape index (κ2) is 5.31. The molecule has 2 heterocycles. The van der Waals surface area contributed by atoms with Gasteiger partial charge < -0.3 is 10.6 Å². The van der Waals surface area contributed by atoms with E-state index in [9.17, 15) is 4.79 Å². The van der Waals surface area contributed by atoms with Gasteiger partial charge in [0, 0.05) is 26.2 Å². The lowest BCUT2D eigenvalue weighted by atomic mass is 10.2. The van der Waals surface area contributed by atoms with Gasteiger partial charge in [-0.15, -0.1) is 0 Å². The Hall–Kier alpha value is -1.36. The van der Waals surface area contributed by atoms with E-state index in [0.29, 0.717) is 12.4 Å². The summed E-state index contributed by atoms with van der Waals surface area (Å²) in [6.45, 7) is 2.28. The summed E-state index contributed by atoms with van der Waals surface area (Å²) in [6.07, 6.45) is 4.89. The van der Waals surface area contributed by atoms with Crippen molar-refractivity contribution < 1.29 is 0 Å². The highest BCUT2D eigenvalue weighted by Crippen LogP contribution is 2.16. The molecule has 1 aliphatic heterocycles. The van der Waals surface area contributed by atoms with E-state index < -0.39 is 0 Å². The highest BCUT2D eigenvalue weighted by atomic mass is 16.1. The molecule has 5 nitrogen and oxygen atoms in total. The zero-order valence-corrected chi connectivity index (χ0v) is 10.4. The zero-order valence-electron chi connectivity index (χ0n) is 10.4. The number of nitrogens with zero attached hydrogens (tertiary/aromatic N) is 3. The molecule has 1 aromatic rings. The lowest BCUT2D eigenvalue weighted by Crippen LogP contribution is -2.30. The number of hydrogen-bond acceptors (Lipinski definition) is 4. The first-order valence-corrected chi connectivity index (χ1v) is 6.24. The number of rotatable bonds is 2. The quantitative estimate of drug-likeness (QED) is 0.817. The largest absolute Gasteiger partial charge is 0.356 e. The molecule has 0 bridgehead atoms. The molecule has 0 radical (unpaired) electrons. The van der Waals surface area contributed by atoms with Crippen molar-refractivity contribution in [2.24, 2.45) is 12.8 Å². The molecule has 0 aromatic carbocycles. The van der Waals surface area contributed by atoms with Crippen LogP contribution in [0.2, 0.25) is 0 Å². The molecule has 0 unspecified atom stereocenters. The Morgan fingerprint density at radius 2 is 1.94 bits per heavy atom. The van der Waals surface area contributed by atoms with Crippen LogP contribution in [0.15, 0.2) is 10.9 Å². The summed E-state index contributed by atoms with van der Waals surface area (Å²) in [7, 11) is 1.71. The SMILES string of the molecule is Cn1c(CN)nc(N2CCCCCC2)cc1=O. The van der Waals surface area contributed by atoms with Crippen LogP contribution in [0.4, 0.5) is 5.82 Å². The number of nitrogens with two attached hydrogens (primary N) is 1. The third kappa shape index (κ3) is 2.66. The second-order valence-corrected chi connectivity index (χ2v) is 4.53. The Bertz CT molecular complexity index is 433. The second-order valence-electron chi connectivity index (χ2n) is 4.53. The van der Waals surface area contributed by atoms with Gasteiger partial charge in [-0.2, -0.15) is 0 Å². The average Bonchev–Trinajstić information content (AvgIpc) is 2.61. The van der Waals surface area contributed by atoms with Crippen LogP contribution >= 0.6 is 0 Å². The maximum absolute atomic E-state index is 11.8. The molecule has 5 heteroatoms. The van der Waals surface area contributed by atoms with E-state index in [1.807, 2.05) is 0 Å². The van der Waals surface area contributed by atoms with Crippen LogP contribution in [0.5, 0.6) is 0 Å². The van der Waals surface area contributed by atoms with Gasteiger partial charge in [0.2, 0.25) is 0 Å². The van der Waals surface area contributed by atoms with E-state index in [-0.39, 0.29) is 5.56 Å². The lowest BCUT2D eigenvalue weighted by Gasteiger charge is -2.22. The maximum Gasteiger partial charge on any atom is 0.255 e. The minimum atomic E-state index is -0.0281. The summed E-state index contributed by atoms with van der Waals surface area (Å²) in [5.41, 5.74) is 5.58. The Kier molecular flexibility index (Phi) is 3.78. The van der Waals surface area contributed by atoms with Gasteiger partial charge in [-0.1, -0.05) is 12.8 Å². The first kappa shape index (κ1) is 12.1. The maximum atomic E-state index is 11.8. The smallest absolute Gasteiger partial charge is 0.255 e. The van der Waals surface area contributed by atoms with Crippen molar-refractivity contribution in [3.63, 3.8) is 0 Å². The van der Waals surface area contributed by atoms with Gasteiger partial charge in [0.25, 0.3) is 5.56 Å². The predicted octanol–water partition coefficient (Wildman–Crippen LogP) is 0.619. The molecule has 0 atom stereocenters. The highest BCUT2D eigenvalue weighted by molar-refractivity contribution is 5.37. The molecule has 17 heavy (non-hydrogen) atoms. The third-order valence-electron chi connectivity index (χ3n) is 3.33. The van der Waals surface area contributed by atoms with Gasteiger partial charge in [-0.05, 0) is 12.8 Å². The van der Waals surface area contributed by atoms with E-state index in [1.165, 1.54) is 30.3 Å². The van der Waals surface area contributed by atoms with Crippen molar-refractivity contribution in [1.29, 1.82) is 0 Å². The van der Waals surface area contributed by atoms with Crippen molar-refractivity contribution in [3.8, 4) is 0 Å². The van der Waals surface area contributed by atoms with E-state index in [1.54, 1.807) is 13.1 Å². The van der Waals surface area contributed by atoms with Gasteiger partial charge in [0.05, 0.1) is 6.54 Å². The van der Waals surface area contributed by atoms with E-state index >= 15 is 0 Å². The Morgan fingerprint density at radius 1 is 1.29 bits per heavy atom. The van der Waals surface area contributed by atoms with E-state index in [0.717, 1.165) is 18.9 Å². The molecule has 2 N–H and O–H groups in total. The molecule has 1 aliphatic rings. The first-order valence-electron chi connectivity index (χ1n) is 6.24. The first-order chi connectivity index (χ1) is 8.22. The topological polar surface area (TPSA) is 64.2 Å². The fraction of sp³-hybridized carbons (Fsp3) is 0.667. The van der Waals surface area contributed by atoms with Gasteiger partial charge in [0.1, 0.15) is 11.6 Å². The van der Waals surface area contributed by atoms with Crippen molar-refractivity contribution in [3.05, 3.63) is 22.2 Å². The molecule has 0 aliphatic carbocycles. The van der Waals surface area contributed by atoms with Crippen LogP contribution in [-0.4, -0.2) is 22.6 Å². The van der Waals surface area contributed by atoms with E-state index in [2.05, 4.69) is 9.88 Å². The molecule has 1 aromatic heterocycles. The fourth-order valence-corrected chi connectivity index (χ4v) is 2.22. The highest BCUT2D eigenvalue weighted by Gasteiger charge is 2.13. The molecule has 1 saturated heterocycles. The summed E-state index contributed by atoms with van der Waals surface area (Å²) in [5.74, 6) is 1.44. The number of anilines is 1. The van der Waals surface area contributed by atoms with Crippen LogP contribution in [0.25, 0.3) is 0 Å². The van der Waals surface area contributed by atoms with Crippen molar-refractivity contribution in [1.82, 2.24) is 9.55 Å². The normalized spacial score (nSPS) is 16.9. The Morgan fingerprint density at radius 3 is 2.53 bits per heavy atom. The molecule has 0 spiro atoms. The van der Waals surface area contributed by atoms with Gasteiger partial charge in [0.15, 0.2) is 0 Å². The fourth-order valence-electron chi connectivity index (χ4n) is 2.22. The van der Waals surface area contributed by atoms with Crippen molar-refractivity contribution in [2.45, 2.75) is 32.2 Å². The monoisotopic (exact) mass is 236 g/mol. The molecular formula is C12H20N4O. The molecule has 1 fully saturated rings. The van der Waals surface area contributed by atoms with Crippen LogP contribution in [0, 0.1) is 0 Å². The van der Waals surface area contributed by atoms with Crippen molar-refractivity contribution >= 4 is 5.82 Å². The van der Waals surface area contributed by atoms with Crippen LogP contribution in [0.3, 0.4) is 0 Å². The number of aromatic nitrogens is 2. The Labute approximate surface area is 101 Å². The van der Waals surface area contributed by atoms with Crippen LogP contribution in [0.1, 0.15) is 31.5 Å². The summed E-state index contributed by atoms with van der Waals surface area (Å²) < 4.78 is 1.52. The van der Waals surface area contributed by atoms with Gasteiger partial charge in [-0.25, -0.2) is 4.98 Å². The molecule has 2 rings (SSSR count). The summed E-state index contributed by atoms with van der Waals surface area (Å²) in [5, 5.41) is 0. The van der Waals surface area contributed by atoms with Crippen LogP contribution in [-0.2, 0) is 13.6 Å². The summed E-state index contributed by atoms with van der Waals surface area (Å²) in [6, 6.07) is 1.62. The minimum absolute atomic E-state index is 0.0281. The zero-order chi connectivity index (χ0) is 12.3. The third-order valence-corrected chi connectivity index (χ3v) is 3.33. The van der Waals surface area contributed by atoms with Gasteiger partial charge in [-0.3, -0.25) is 9.36 Å². The van der Waals surface area contributed by atoms with Crippen LogP contribution < -0.4 is 16.2 Å². The average molecular weight is 236 g/mol. The molecular weight excluding hydrogens is 216 g/mol. The van der Waals surface area contributed by atoms with Crippen molar-refractivity contribution in [2.75, 3.05) is 18.0 Å².